The Balaban J connectivity index is 2.51. The number of anilines is 3. The highest BCUT2D eigenvalue weighted by molar-refractivity contribution is 6.06. The van der Waals surface area contributed by atoms with Crippen LogP contribution in [0.3, 0.4) is 0 Å². The molecule has 8 heteroatoms. The van der Waals surface area contributed by atoms with Crippen molar-refractivity contribution in [2.75, 3.05) is 23.0 Å². The molecule has 3 N–H and O–H groups in total. The van der Waals surface area contributed by atoms with Gasteiger partial charge in [-0.3, -0.25) is 4.79 Å². The van der Waals surface area contributed by atoms with E-state index in [0.29, 0.717) is 0 Å². The van der Waals surface area contributed by atoms with Gasteiger partial charge in [-0.05, 0) is 0 Å². The van der Waals surface area contributed by atoms with Gasteiger partial charge < -0.3 is 20.5 Å². The Labute approximate surface area is 95.0 Å². The molecule has 1 atom stereocenters. The van der Waals surface area contributed by atoms with Crippen molar-refractivity contribution in [2.24, 2.45) is 7.05 Å². The average molecular weight is 248 g/mol. The Kier molecular flexibility index (Phi) is 2.27. The van der Waals surface area contributed by atoms with Gasteiger partial charge in [-0.15, -0.1) is 0 Å². The third-order valence-corrected chi connectivity index (χ3v) is 2.78. The molecular weight excluding hydrogens is 237 g/mol. The van der Waals surface area contributed by atoms with Crippen molar-refractivity contribution < 1.29 is 18.0 Å². The van der Waals surface area contributed by atoms with E-state index in [9.17, 15) is 18.0 Å². The summed E-state index contributed by atoms with van der Waals surface area (Å²) < 4.78 is 39.6. The fourth-order valence-electron chi connectivity index (χ4n) is 1.90. The van der Waals surface area contributed by atoms with Crippen LogP contribution in [0.2, 0.25) is 0 Å². The fraction of sp³-hybridized carbons (Fsp3) is 0.444. The molecule has 2 rings (SSSR count). The molecule has 5 nitrogen and oxygen atoms in total. The zero-order valence-electron chi connectivity index (χ0n) is 9.17. The third kappa shape index (κ3) is 1.60. The SMILES string of the molecule is CN1c2cn(C)c(N)c2NC(=O)C1C(F)(F)F. The number of aryl methyl sites for hydroxylation is 1. The van der Waals surface area contributed by atoms with E-state index >= 15 is 0 Å². The Hall–Kier alpha value is -1.86. The number of carbonyl (C=O) groups is 1. The minimum atomic E-state index is -4.62. The number of alkyl halides is 3. The Morgan fingerprint density at radius 1 is 1.41 bits per heavy atom. The van der Waals surface area contributed by atoms with Crippen LogP contribution in [0.25, 0.3) is 0 Å². The van der Waals surface area contributed by atoms with Gasteiger partial charge >= 0.3 is 6.18 Å². The van der Waals surface area contributed by atoms with Gasteiger partial charge in [0, 0.05) is 20.3 Å². The summed E-state index contributed by atoms with van der Waals surface area (Å²) in [5, 5.41) is 2.19. The second-order valence-corrected chi connectivity index (χ2v) is 3.93. The predicted molar refractivity (Wildman–Crippen MR) is 56.7 cm³/mol. The number of fused-ring (bicyclic) bond motifs is 1. The van der Waals surface area contributed by atoms with Crippen LogP contribution in [0.15, 0.2) is 6.20 Å². The number of amides is 1. The lowest BCUT2D eigenvalue weighted by Crippen LogP contribution is -2.54. The Bertz CT molecular complexity index is 479. The highest BCUT2D eigenvalue weighted by Crippen LogP contribution is 2.40. The van der Waals surface area contributed by atoms with Gasteiger partial charge in [-0.1, -0.05) is 0 Å². The van der Waals surface area contributed by atoms with Crippen LogP contribution in [0.1, 0.15) is 0 Å². The van der Waals surface area contributed by atoms with Crippen molar-refractivity contribution in [1.82, 2.24) is 4.57 Å². The summed E-state index contributed by atoms with van der Waals surface area (Å²) in [6, 6.07) is -2.18. The summed E-state index contributed by atoms with van der Waals surface area (Å²) in [5.41, 5.74) is 6.12. The van der Waals surface area contributed by atoms with Gasteiger partial charge in [0.05, 0.1) is 5.69 Å². The van der Waals surface area contributed by atoms with Crippen LogP contribution in [-0.2, 0) is 11.8 Å². The van der Waals surface area contributed by atoms with Crippen molar-refractivity contribution in [3.8, 4) is 0 Å². The van der Waals surface area contributed by atoms with Gasteiger partial charge in [0.15, 0.2) is 0 Å². The first-order chi connectivity index (χ1) is 7.73. The summed E-state index contributed by atoms with van der Waals surface area (Å²) in [6.07, 6.45) is -3.18. The van der Waals surface area contributed by atoms with Gasteiger partial charge in [-0.2, -0.15) is 13.2 Å². The summed E-state index contributed by atoms with van der Waals surface area (Å²) in [5.74, 6) is -0.897. The monoisotopic (exact) mass is 248 g/mol. The normalized spacial score (nSPS) is 20.2. The van der Waals surface area contributed by atoms with E-state index in [1.807, 2.05) is 0 Å². The lowest BCUT2D eigenvalue weighted by Gasteiger charge is -2.34. The van der Waals surface area contributed by atoms with Crippen LogP contribution in [0.5, 0.6) is 0 Å². The van der Waals surface area contributed by atoms with Crippen LogP contribution < -0.4 is 16.0 Å². The average Bonchev–Trinajstić information content (AvgIpc) is 2.43. The van der Waals surface area contributed by atoms with Crippen LogP contribution in [0.4, 0.5) is 30.4 Å². The second-order valence-electron chi connectivity index (χ2n) is 3.93. The van der Waals surface area contributed by atoms with Gasteiger partial charge in [0.25, 0.3) is 5.91 Å². The number of nitrogens with one attached hydrogen (secondary N) is 1. The zero-order chi connectivity index (χ0) is 13.0. The minimum Gasteiger partial charge on any atom is -0.383 e. The molecule has 0 aliphatic carbocycles. The number of hydrogen-bond donors (Lipinski definition) is 2. The van der Waals surface area contributed by atoms with Crippen molar-refractivity contribution in [3.63, 3.8) is 0 Å². The lowest BCUT2D eigenvalue weighted by molar-refractivity contribution is -0.160. The number of rotatable bonds is 0. The smallest absolute Gasteiger partial charge is 0.383 e. The fourth-order valence-corrected chi connectivity index (χ4v) is 1.90. The number of nitrogens with zero attached hydrogens (tertiary/aromatic N) is 2. The number of likely N-dealkylation sites (N-methyl/N-ethyl adjacent to an activating group) is 1. The van der Waals surface area contributed by atoms with Gasteiger partial charge in [0.1, 0.15) is 11.5 Å². The van der Waals surface area contributed by atoms with E-state index in [2.05, 4.69) is 5.32 Å². The molecule has 0 radical (unpaired) electrons. The van der Waals surface area contributed by atoms with E-state index in [-0.39, 0.29) is 17.2 Å². The summed E-state index contributed by atoms with van der Waals surface area (Å²) >= 11 is 0. The zero-order valence-corrected chi connectivity index (χ0v) is 9.17. The molecule has 0 bridgehead atoms. The molecule has 0 spiro atoms. The Morgan fingerprint density at radius 3 is 2.53 bits per heavy atom. The molecule has 1 aliphatic heterocycles. The summed E-state index contributed by atoms with van der Waals surface area (Å²) in [6.45, 7) is 0. The first kappa shape index (κ1) is 11.6. The number of nitrogen functional groups attached to an aromatic ring is 1. The van der Waals surface area contributed by atoms with Crippen LogP contribution in [-0.4, -0.2) is 29.7 Å². The maximum Gasteiger partial charge on any atom is 0.417 e. The summed E-state index contributed by atoms with van der Waals surface area (Å²) in [7, 11) is 2.81. The molecule has 0 aromatic carbocycles. The van der Waals surface area contributed by atoms with E-state index in [0.717, 1.165) is 4.90 Å². The van der Waals surface area contributed by atoms with Crippen LogP contribution in [0, 0.1) is 0 Å². The lowest BCUT2D eigenvalue weighted by atomic mass is 10.1. The second kappa shape index (κ2) is 3.31. The number of aromatic nitrogens is 1. The maximum atomic E-state index is 12.7. The molecule has 0 fully saturated rings. The predicted octanol–water partition coefficient (Wildman–Crippen LogP) is 0.926. The molecular formula is C9H11F3N4O. The molecule has 1 amide bonds. The maximum absolute atomic E-state index is 12.7. The highest BCUT2D eigenvalue weighted by Gasteiger charge is 2.51. The summed E-state index contributed by atoms with van der Waals surface area (Å²) in [4.78, 5) is 12.3. The molecule has 2 heterocycles. The van der Waals surface area contributed by atoms with E-state index < -0.39 is 18.1 Å². The van der Waals surface area contributed by atoms with Crippen molar-refractivity contribution in [1.29, 1.82) is 0 Å². The van der Waals surface area contributed by atoms with Gasteiger partial charge in [0.2, 0.25) is 6.04 Å². The van der Waals surface area contributed by atoms with Gasteiger partial charge in [-0.25, -0.2) is 0 Å². The molecule has 94 valence electrons. The molecule has 1 unspecified atom stereocenters. The molecule has 0 saturated carbocycles. The number of nitrogens with two attached hydrogens (primary N) is 1. The molecule has 1 aromatic heterocycles. The largest absolute Gasteiger partial charge is 0.417 e. The van der Waals surface area contributed by atoms with E-state index in [1.165, 1.54) is 17.8 Å². The van der Waals surface area contributed by atoms with E-state index in [1.54, 1.807) is 7.05 Å². The topological polar surface area (TPSA) is 63.3 Å². The first-order valence-electron chi connectivity index (χ1n) is 4.78. The Morgan fingerprint density at radius 2 is 2.00 bits per heavy atom. The standard InChI is InChI=1S/C9H11F3N4O/c1-15-3-4-5(7(15)13)14-8(17)6(16(4)2)9(10,11)12/h3,6H,13H2,1-2H3,(H,14,17). The molecule has 17 heavy (non-hydrogen) atoms. The third-order valence-electron chi connectivity index (χ3n) is 2.78. The van der Waals surface area contributed by atoms with Crippen molar-refractivity contribution in [3.05, 3.63) is 6.20 Å². The van der Waals surface area contributed by atoms with Crippen molar-refractivity contribution in [2.45, 2.75) is 12.2 Å². The van der Waals surface area contributed by atoms with Crippen LogP contribution >= 0.6 is 0 Å². The number of hydrogen-bond acceptors (Lipinski definition) is 3. The quantitative estimate of drug-likeness (QED) is 0.717. The molecule has 0 saturated heterocycles. The number of halogens is 3. The first-order valence-corrected chi connectivity index (χ1v) is 4.78. The highest BCUT2D eigenvalue weighted by atomic mass is 19.4. The van der Waals surface area contributed by atoms with Crippen molar-refractivity contribution >= 4 is 23.1 Å². The number of carbonyl (C=O) groups excluding carboxylic acids is 1. The molecule has 1 aliphatic rings. The minimum absolute atomic E-state index is 0.223. The van der Waals surface area contributed by atoms with E-state index in [4.69, 9.17) is 5.73 Å². The molecule has 1 aromatic rings.